The van der Waals surface area contributed by atoms with Crippen molar-refractivity contribution >= 4 is 56.6 Å². The minimum absolute atomic E-state index is 0.434. The van der Waals surface area contributed by atoms with Crippen LogP contribution < -0.4 is 8.92 Å². The van der Waals surface area contributed by atoms with E-state index in [0.717, 1.165) is 8.92 Å². The van der Waals surface area contributed by atoms with Gasteiger partial charge in [-0.2, -0.15) is 0 Å². The molecule has 0 amide bonds. The first-order valence-electron chi connectivity index (χ1n) is 4.72. The molecular weight excluding hydrogens is 318 g/mol. The molecule has 4 rings (SSSR count). The summed E-state index contributed by atoms with van der Waals surface area (Å²) in [4.78, 5) is 0. The first-order valence-corrected chi connectivity index (χ1v) is 8.85. The van der Waals surface area contributed by atoms with Gasteiger partial charge in [0.15, 0.2) is 0 Å². The molecule has 0 saturated carbocycles. The predicted molar refractivity (Wildman–Crippen MR) is 64.1 cm³/mol. The van der Waals surface area contributed by atoms with Crippen LogP contribution in [0.5, 0.6) is 0 Å². The standard InChI is InChI=1S/C12H6OSe2/c13-15-9-5-1-3-7-11(9)12-8(14-7)4-2-6-10(12)15/h1-6H. The fourth-order valence-corrected chi connectivity index (χ4v) is 8.33. The Balaban J connectivity index is 2.48. The van der Waals surface area contributed by atoms with Crippen LogP contribution in [0, 0.1) is 0 Å². The second-order valence-electron chi connectivity index (χ2n) is 3.63. The third-order valence-corrected chi connectivity index (χ3v) is 8.30. The fraction of sp³-hybridized carbons (Fsp3) is 0. The van der Waals surface area contributed by atoms with Crippen molar-refractivity contribution in [1.29, 1.82) is 0 Å². The molecule has 3 heteroatoms. The van der Waals surface area contributed by atoms with Crippen LogP contribution in [0.1, 0.15) is 0 Å². The molecule has 1 aromatic heterocycles. The Hall–Kier alpha value is -0.721. The average molecular weight is 324 g/mol. The first kappa shape index (κ1) is 8.43. The van der Waals surface area contributed by atoms with Gasteiger partial charge >= 0.3 is 96.8 Å². The van der Waals surface area contributed by atoms with Gasteiger partial charge in [-0.05, 0) is 0 Å². The Morgan fingerprint density at radius 3 is 1.93 bits per heavy atom. The van der Waals surface area contributed by atoms with E-state index in [0.29, 0.717) is 14.5 Å². The van der Waals surface area contributed by atoms with Crippen LogP contribution in [-0.4, -0.2) is 28.3 Å². The van der Waals surface area contributed by atoms with E-state index in [1.54, 1.807) is 0 Å². The summed E-state index contributed by atoms with van der Waals surface area (Å²) >= 11 is -1.50. The molecule has 0 saturated heterocycles. The Bertz CT molecular complexity index is 680. The topological polar surface area (TPSA) is 17.1 Å². The van der Waals surface area contributed by atoms with Crippen LogP contribution >= 0.6 is 0 Å². The third kappa shape index (κ3) is 0.902. The maximum absolute atomic E-state index is 12.3. The molecule has 2 aromatic carbocycles. The predicted octanol–water partition coefficient (Wildman–Crippen LogP) is 0.900. The second kappa shape index (κ2) is 2.69. The molecule has 0 N–H and O–H groups in total. The van der Waals surface area contributed by atoms with Gasteiger partial charge in [0.25, 0.3) is 0 Å². The Morgan fingerprint density at radius 1 is 0.867 bits per heavy atom. The van der Waals surface area contributed by atoms with Gasteiger partial charge in [-0.3, -0.25) is 0 Å². The minimum atomic E-state index is -1.93. The molecule has 1 nitrogen and oxygen atoms in total. The van der Waals surface area contributed by atoms with Crippen LogP contribution in [0.4, 0.5) is 0 Å². The molecule has 15 heavy (non-hydrogen) atoms. The van der Waals surface area contributed by atoms with Crippen molar-refractivity contribution < 1.29 is 3.83 Å². The number of rotatable bonds is 0. The summed E-state index contributed by atoms with van der Waals surface area (Å²) in [6.07, 6.45) is 0. The van der Waals surface area contributed by atoms with Crippen molar-refractivity contribution in [2.24, 2.45) is 0 Å². The van der Waals surface area contributed by atoms with Gasteiger partial charge in [0.05, 0.1) is 0 Å². The van der Waals surface area contributed by atoms with E-state index in [2.05, 4.69) is 24.3 Å². The summed E-state index contributed by atoms with van der Waals surface area (Å²) in [7, 11) is 0. The van der Waals surface area contributed by atoms with E-state index in [-0.39, 0.29) is 0 Å². The Morgan fingerprint density at radius 2 is 1.40 bits per heavy atom. The number of hydrogen-bond acceptors (Lipinski definition) is 1. The molecule has 1 aliphatic heterocycles. The molecule has 0 fully saturated rings. The molecule has 0 spiro atoms. The van der Waals surface area contributed by atoms with Gasteiger partial charge in [0.2, 0.25) is 0 Å². The molecular formula is C12H6OSe2. The van der Waals surface area contributed by atoms with E-state index in [4.69, 9.17) is 0 Å². The van der Waals surface area contributed by atoms with Crippen molar-refractivity contribution in [3.63, 3.8) is 0 Å². The average Bonchev–Trinajstić information content (AvgIpc) is 2.77. The van der Waals surface area contributed by atoms with E-state index in [9.17, 15) is 3.83 Å². The van der Waals surface area contributed by atoms with Crippen molar-refractivity contribution in [2.75, 3.05) is 0 Å². The summed E-state index contributed by atoms with van der Waals surface area (Å²) in [5.74, 6) is 0. The zero-order chi connectivity index (χ0) is 9.99. The molecule has 72 valence electrons. The monoisotopic (exact) mass is 326 g/mol. The van der Waals surface area contributed by atoms with Crippen molar-refractivity contribution in [3.8, 4) is 0 Å². The summed E-state index contributed by atoms with van der Waals surface area (Å²) in [6, 6.07) is 12.6. The van der Waals surface area contributed by atoms with Gasteiger partial charge in [0.1, 0.15) is 0 Å². The number of benzene rings is 2. The molecule has 0 bridgehead atoms. The Kier molecular flexibility index (Phi) is 1.51. The molecule has 3 aromatic rings. The molecule has 0 aliphatic carbocycles. The van der Waals surface area contributed by atoms with E-state index in [1.807, 2.05) is 12.1 Å². The zero-order valence-corrected chi connectivity index (χ0v) is 11.1. The molecule has 2 heterocycles. The van der Waals surface area contributed by atoms with Gasteiger partial charge < -0.3 is 0 Å². The third-order valence-electron chi connectivity index (χ3n) is 2.85. The summed E-state index contributed by atoms with van der Waals surface area (Å²) in [6.45, 7) is 0. The van der Waals surface area contributed by atoms with E-state index in [1.165, 1.54) is 19.3 Å². The fourth-order valence-electron chi connectivity index (χ4n) is 2.23. The van der Waals surface area contributed by atoms with Crippen molar-refractivity contribution in [2.45, 2.75) is 0 Å². The van der Waals surface area contributed by atoms with E-state index >= 15 is 0 Å². The zero-order valence-electron chi connectivity index (χ0n) is 7.69. The van der Waals surface area contributed by atoms with Gasteiger partial charge in [-0.25, -0.2) is 0 Å². The van der Waals surface area contributed by atoms with Crippen LogP contribution in [0.25, 0.3) is 19.3 Å². The van der Waals surface area contributed by atoms with Crippen LogP contribution in [0.3, 0.4) is 0 Å². The molecule has 0 radical (unpaired) electrons. The van der Waals surface area contributed by atoms with Gasteiger partial charge in [-0.1, -0.05) is 0 Å². The first-order chi connectivity index (χ1) is 7.36. The van der Waals surface area contributed by atoms with Crippen molar-refractivity contribution in [3.05, 3.63) is 36.4 Å². The van der Waals surface area contributed by atoms with E-state index < -0.39 is 13.8 Å². The molecule has 0 unspecified atom stereocenters. The normalized spacial score (nSPS) is 14.7. The van der Waals surface area contributed by atoms with Crippen LogP contribution in [0.2, 0.25) is 0 Å². The molecule has 0 atom stereocenters. The maximum atomic E-state index is 12.3. The van der Waals surface area contributed by atoms with Crippen LogP contribution in [-0.2, 0) is 3.83 Å². The van der Waals surface area contributed by atoms with Crippen molar-refractivity contribution in [1.82, 2.24) is 0 Å². The second-order valence-corrected chi connectivity index (χ2v) is 8.88. The SMILES string of the molecule is O=[Se]1c2cccc3[se]c4cccc1c4c23. The number of hydrogen-bond donors (Lipinski definition) is 0. The summed E-state index contributed by atoms with van der Waals surface area (Å²) in [5, 5.41) is 2.64. The Labute approximate surface area is 96.5 Å². The quantitative estimate of drug-likeness (QED) is 0.439. The molecule has 1 aliphatic rings. The van der Waals surface area contributed by atoms with Gasteiger partial charge in [0, 0.05) is 0 Å². The van der Waals surface area contributed by atoms with Crippen LogP contribution in [0.15, 0.2) is 36.4 Å². The summed E-state index contributed by atoms with van der Waals surface area (Å²) in [5.41, 5.74) is 0. The summed E-state index contributed by atoms with van der Waals surface area (Å²) < 4.78 is 17.4. The van der Waals surface area contributed by atoms with Gasteiger partial charge in [-0.15, -0.1) is 0 Å².